The minimum absolute atomic E-state index is 0.0106. The van der Waals surface area contributed by atoms with Crippen LogP contribution in [0.2, 0.25) is 0 Å². The highest BCUT2D eigenvalue weighted by atomic mass is 16.5. The van der Waals surface area contributed by atoms with E-state index in [9.17, 15) is 19.8 Å². The lowest BCUT2D eigenvalue weighted by Gasteiger charge is -2.04. The highest BCUT2D eigenvalue weighted by molar-refractivity contribution is 5.90. The molecule has 0 bridgehead atoms. The molecule has 2 rings (SSSR count). The maximum Gasteiger partial charge on any atom is 0.331 e. The van der Waals surface area contributed by atoms with E-state index in [0.29, 0.717) is 11.3 Å². The molecule has 0 fully saturated rings. The van der Waals surface area contributed by atoms with E-state index in [4.69, 9.17) is 9.47 Å². The van der Waals surface area contributed by atoms with Crippen molar-refractivity contribution in [3.8, 4) is 17.2 Å². The average molecular weight is 342 g/mol. The van der Waals surface area contributed by atoms with Crippen LogP contribution in [0.15, 0.2) is 48.5 Å². The molecule has 2 aromatic carbocycles. The number of ketones is 1. The van der Waals surface area contributed by atoms with Crippen LogP contribution in [0.4, 0.5) is 0 Å². The van der Waals surface area contributed by atoms with Crippen LogP contribution in [0, 0.1) is 0 Å². The molecule has 25 heavy (non-hydrogen) atoms. The number of Topliss-reactive ketones (excluding diaryl/α,β-unsaturated/α-hetero) is 1. The molecule has 0 spiro atoms. The number of phenolic OH excluding ortho intramolecular Hbond substituents is 2. The Morgan fingerprint density at radius 3 is 2.40 bits per heavy atom. The van der Waals surface area contributed by atoms with Gasteiger partial charge in [0.05, 0.1) is 7.11 Å². The third-order valence-corrected chi connectivity index (χ3v) is 3.34. The number of phenols is 2. The normalized spacial score (nSPS) is 10.6. The van der Waals surface area contributed by atoms with Gasteiger partial charge in [-0.15, -0.1) is 0 Å². The monoisotopic (exact) mass is 342 g/mol. The minimum atomic E-state index is -0.627. The number of ether oxygens (including phenoxy) is 2. The predicted octanol–water partition coefficient (Wildman–Crippen LogP) is 2.47. The summed E-state index contributed by atoms with van der Waals surface area (Å²) in [7, 11) is 1.57. The number of methoxy groups -OCH3 is 1. The number of carbonyl (C=O) groups excluding carboxylic acids is 2. The Balaban J connectivity index is 1.81. The van der Waals surface area contributed by atoms with Gasteiger partial charge in [0.25, 0.3) is 0 Å². The standard InChI is InChI=1S/C19H18O6/c1-24-16-6-2-13(3-7-16)5-9-19(23)25-12-15(20)10-14-4-8-17(21)18(22)11-14/h2-9,11,21-22H,10,12H2,1H3/b9-5+. The van der Waals surface area contributed by atoms with Gasteiger partial charge >= 0.3 is 5.97 Å². The Morgan fingerprint density at radius 2 is 1.76 bits per heavy atom. The number of carbonyl (C=O) groups is 2. The molecule has 0 aliphatic rings. The molecule has 6 heteroatoms. The van der Waals surface area contributed by atoms with Gasteiger partial charge in [-0.05, 0) is 41.5 Å². The quantitative estimate of drug-likeness (QED) is 0.456. The molecular weight excluding hydrogens is 324 g/mol. The van der Waals surface area contributed by atoms with Crippen molar-refractivity contribution in [1.82, 2.24) is 0 Å². The SMILES string of the molecule is COc1ccc(/C=C/C(=O)OCC(=O)Cc2ccc(O)c(O)c2)cc1. The first kappa shape index (κ1) is 18.1. The van der Waals surface area contributed by atoms with Gasteiger partial charge in [-0.2, -0.15) is 0 Å². The fourth-order valence-corrected chi connectivity index (χ4v) is 2.04. The van der Waals surface area contributed by atoms with Crippen LogP contribution in [0.5, 0.6) is 17.2 Å². The summed E-state index contributed by atoms with van der Waals surface area (Å²) in [5.74, 6) is -0.796. The average Bonchev–Trinajstić information content (AvgIpc) is 2.61. The molecule has 2 N–H and O–H groups in total. The van der Waals surface area contributed by atoms with E-state index in [0.717, 1.165) is 5.56 Å². The fourth-order valence-electron chi connectivity index (χ4n) is 2.04. The number of hydrogen-bond acceptors (Lipinski definition) is 6. The fraction of sp³-hybridized carbons (Fsp3) is 0.158. The maximum absolute atomic E-state index is 11.8. The molecule has 0 atom stereocenters. The Kier molecular flexibility index (Phi) is 6.17. The van der Waals surface area contributed by atoms with Crippen molar-refractivity contribution in [3.63, 3.8) is 0 Å². The molecule has 130 valence electrons. The smallest absolute Gasteiger partial charge is 0.331 e. The zero-order valence-corrected chi connectivity index (χ0v) is 13.6. The summed E-state index contributed by atoms with van der Waals surface area (Å²) >= 11 is 0. The Hall–Kier alpha value is -3.28. The van der Waals surface area contributed by atoms with Crippen LogP contribution in [0.3, 0.4) is 0 Å². The van der Waals surface area contributed by atoms with Crippen molar-refractivity contribution in [3.05, 3.63) is 59.7 Å². The van der Waals surface area contributed by atoms with Crippen LogP contribution in [-0.4, -0.2) is 35.7 Å². The third kappa shape index (κ3) is 5.69. The van der Waals surface area contributed by atoms with Crippen molar-refractivity contribution in [2.75, 3.05) is 13.7 Å². The first-order chi connectivity index (χ1) is 12.0. The van der Waals surface area contributed by atoms with Crippen LogP contribution in [0.1, 0.15) is 11.1 Å². The van der Waals surface area contributed by atoms with E-state index in [1.165, 1.54) is 24.3 Å². The molecule has 6 nitrogen and oxygen atoms in total. The summed E-state index contributed by atoms with van der Waals surface area (Å²) in [6.07, 6.45) is 2.80. The molecule has 0 aliphatic carbocycles. The summed E-state index contributed by atoms with van der Waals surface area (Å²) in [6, 6.07) is 11.2. The number of hydrogen-bond donors (Lipinski definition) is 2. The van der Waals surface area contributed by atoms with Gasteiger partial charge in [0.15, 0.2) is 23.9 Å². The van der Waals surface area contributed by atoms with Crippen molar-refractivity contribution in [1.29, 1.82) is 0 Å². The summed E-state index contributed by atoms with van der Waals surface area (Å²) in [4.78, 5) is 23.4. The van der Waals surface area contributed by atoms with Crippen molar-refractivity contribution in [2.45, 2.75) is 6.42 Å². The molecule has 2 aromatic rings. The van der Waals surface area contributed by atoms with Gasteiger partial charge in [0.2, 0.25) is 0 Å². The summed E-state index contributed by atoms with van der Waals surface area (Å²) < 4.78 is 9.92. The van der Waals surface area contributed by atoms with Crippen LogP contribution < -0.4 is 4.74 Å². The topological polar surface area (TPSA) is 93.1 Å². The zero-order chi connectivity index (χ0) is 18.2. The summed E-state index contributed by atoms with van der Waals surface area (Å²) in [6.45, 7) is -0.368. The Morgan fingerprint density at radius 1 is 1.04 bits per heavy atom. The van der Waals surface area contributed by atoms with Gasteiger partial charge in [-0.3, -0.25) is 4.79 Å². The number of benzene rings is 2. The predicted molar refractivity (Wildman–Crippen MR) is 91.5 cm³/mol. The summed E-state index contributed by atoms with van der Waals surface area (Å²) in [5.41, 5.74) is 1.31. The van der Waals surface area contributed by atoms with Crippen LogP contribution in [0.25, 0.3) is 6.08 Å². The molecule has 0 radical (unpaired) electrons. The highest BCUT2D eigenvalue weighted by Gasteiger charge is 2.08. The van der Waals surface area contributed by atoms with Crippen LogP contribution >= 0.6 is 0 Å². The van der Waals surface area contributed by atoms with Gasteiger partial charge in [-0.25, -0.2) is 4.79 Å². The van der Waals surface area contributed by atoms with Gasteiger partial charge < -0.3 is 19.7 Å². The zero-order valence-electron chi connectivity index (χ0n) is 13.6. The third-order valence-electron chi connectivity index (χ3n) is 3.34. The van der Waals surface area contributed by atoms with Crippen molar-refractivity contribution < 1.29 is 29.3 Å². The largest absolute Gasteiger partial charge is 0.504 e. The van der Waals surface area contributed by atoms with E-state index in [1.807, 2.05) is 0 Å². The molecule has 0 saturated carbocycles. The lowest BCUT2D eigenvalue weighted by atomic mass is 10.1. The van der Waals surface area contributed by atoms with Crippen molar-refractivity contribution >= 4 is 17.8 Å². The highest BCUT2D eigenvalue weighted by Crippen LogP contribution is 2.25. The molecule has 0 aromatic heterocycles. The second kappa shape index (κ2) is 8.54. The van der Waals surface area contributed by atoms with Gasteiger partial charge in [0, 0.05) is 12.5 Å². The lowest BCUT2D eigenvalue weighted by molar-refractivity contribution is -0.142. The first-order valence-corrected chi connectivity index (χ1v) is 7.49. The van der Waals surface area contributed by atoms with Gasteiger partial charge in [0.1, 0.15) is 5.75 Å². The lowest BCUT2D eigenvalue weighted by Crippen LogP contribution is -2.14. The number of rotatable bonds is 7. The number of aromatic hydroxyl groups is 2. The van der Waals surface area contributed by atoms with Crippen LogP contribution in [-0.2, 0) is 20.7 Å². The Bertz CT molecular complexity index is 777. The molecule has 0 saturated heterocycles. The van der Waals surface area contributed by atoms with Gasteiger partial charge in [-0.1, -0.05) is 18.2 Å². The van der Waals surface area contributed by atoms with E-state index >= 15 is 0 Å². The molecule has 0 heterocycles. The number of esters is 1. The first-order valence-electron chi connectivity index (χ1n) is 7.49. The van der Waals surface area contributed by atoms with E-state index < -0.39 is 5.97 Å². The van der Waals surface area contributed by atoms with E-state index in [2.05, 4.69) is 0 Å². The Labute approximate surface area is 144 Å². The molecule has 0 unspecified atom stereocenters. The molecule has 0 amide bonds. The van der Waals surface area contributed by atoms with E-state index in [-0.39, 0.29) is 30.3 Å². The minimum Gasteiger partial charge on any atom is -0.504 e. The second-order valence-corrected chi connectivity index (χ2v) is 5.25. The molecule has 0 aliphatic heterocycles. The van der Waals surface area contributed by atoms with E-state index in [1.54, 1.807) is 37.5 Å². The second-order valence-electron chi connectivity index (χ2n) is 5.25. The molecular formula is C19H18O6. The summed E-state index contributed by atoms with van der Waals surface area (Å²) in [5, 5.41) is 18.6. The van der Waals surface area contributed by atoms with Crippen molar-refractivity contribution in [2.24, 2.45) is 0 Å². The maximum atomic E-state index is 11.8.